The highest BCUT2D eigenvalue weighted by Crippen LogP contribution is 2.30. The number of hydrogen-bond acceptors (Lipinski definition) is 6. The van der Waals surface area contributed by atoms with Crippen molar-refractivity contribution in [2.45, 2.75) is 38.4 Å². The van der Waals surface area contributed by atoms with Crippen LogP contribution in [0.4, 0.5) is 32.2 Å². The van der Waals surface area contributed by atoms with Crippen LogP contribution in [0, 0.1) is 17.5 Å². The van der Waals surface area contributed by atoms with Crippen LogP contribution in [0.3, 0.4) is 0 Å². The van der Waals surface area contributed by atoms with E-state index in [9.17, 15) is 31.1 Å². The van der Waals surface area contributed by atoms with Gasteiger partial charge in [0, 0.05) is 12.6 Å². The first kappa shape index (κ1) is 21.7. The van der Waals surface area contributed by atoms with E-state index in [-0.39, 0.29) is 6.54 Å². The summed E-state index contributed by atoms with van der Waals surface area (Å²) in [6.45, 7) is 2.45. The zero-order valence-electron chi connectivity index (χ0n) is 15.5. The number of hydrogen-bond donors (Lipinski definition) is 1. The molecule has 13 heteroatoms. The lowest BCUT2D eigenvalue weighted by molar-refractivity contribution is -0.359. The quantitative estimate of drug-likeness (QED) is 0.728. The third-order valence-corrected chi connectivity index (χ3v) is 4.52. The van der Waals surface area contributed by atoms with Gasteiger partial charge in [-0.3, -0.25) is 9.53 Å². The summed E-state index contributed by atoms with van der Waals surface area (Å²) in [7, 11) is 0. The number of nitrogens with one attached hydrogen (secondary N) is 1. The van der Waals surface area contributed by atoms with E-state index in [1.807, 2.05) is 0 Å². The molecule has 3 rings (SSSR count). The Morgan fingerprint density at radius 3 is 2.53 bits per heavy atom. The van der Waals surface area contributed by atoms with E-state index in [0.29, 0.717) is 12.3 Å². The van der Waals surface area contributed by atoms with Crippen LogP contribution in [0.15, 0.2) is 18.6 Å². The van der Waals surface area contributed by atoms with Crippen molar-refractivity contribution in [2.24, 2.45) is 0 Å². The van der Waals surface area contributed by atoms with Crippen molar-refractivity contribution in [2.75, 3.05) is 11.9 Å². The first-order valence-corrected chi connectivity index (χ1v) is 8.61. The Morgan fingerprint density at radius 2 is 1.93 bits per heavy atom. The third kappa shape index (κ3) is 4.45. The molecular formula is C17H15F6N5O2. The highest BCUT2D eigenvalue weighted by atomic mass is 19.4. The van der Waals surface area contributed by atoms with Gasteiger partial charge in [-0.05, 0) is 13.8 Å². The number of ether oxygens (including phenoxy) is 1. The average molecular weight is 435 g/mol. The number of likely N-dealkylation sites (tertiary alicyclic amines) is 1. The maximum absolute atomic E-state index is 14.7. The molecule has 162 valence electrons. The van der Waals surface area contributed by atoms with E-state index in [1.165, 1.54) is 13.8 Å². The number of carbonyl (C=O) groups is 1. The number of pyridine rings is 1. The second-order valence-corrected chi connectivity index (χ2v) is 6.57. The summed E-state index contributed by atoms with van der Waals surface area (Å²) in [6, 6.07) is -1.41. The van der Waals surface area contributed by atoms with Gasteiger partial charge in [0.2, 0.25) is 5.91 Å². The van der Waals surface area contributed by atoms with Gasteiger partial charge in [-0.2, -0.15) is 0 Å². The first-order chi connectivity index (χ1) is 14.0. The maximum Gasteiger partial charge on any atom is 0.522 e. The van der Waals surface area contributed by atoms with Gasteiger partial charge in [-0.15, -0.1) is 13.2 Å². The van der Waals surface area contributed by atoms with Crippen molar-refractivity contribution in [3.05, 3.63) is 36.0 Å². The monoisotopic (exact) mass is 435 g/mol. The summed E-state index contributed by atoms with van der Waals surface area (Å²) in [5, 5.41) is 2.48. The van der Waals surface area contributed by atoms with Crippen molar-refractivity contribution in [3.8, 4) is 11.4 Å². The molecule has 7 nitrogen and oxygen atoms in total. The molecule has 1 amide bonds. The van der Waals surface area contributed by atoms with Crippen LogP contribution in [0.25, 0.3) is 11.4 Å². The Labute approximate surface area is 166 Å². The molecule has 0 aliphatic carbocycles. The lowest BCUT2D eigenvalue weighted by Gasteiger charge is -2.46. The molecule has 1 saturated heterocycles. The molecule has 0 radical (unpaired) electrons. The Kier molecular flexibility index (Phi) is 5.83. The second-order valence-electron chi connectivity index (χ2n) is 6.57. The van der Waals surface area contributed by atoms with Crippen molar-refractivity contribution in [3.63, 3.8) is 0 Å². The van der Waals surface area contributed by atoms with Gasteiger partial charge in [0.1, 0.15) is 35.7 Å². The predicted molar refractivity (Wildman–Crippen MR) is 90.3 cm³/mol. The minimum Gasteiger partial charge on any atom is -0.356 e. The molecular weight excluding hydrogens is 420 g/mol. The molecule has 0 unspecified atom stereocenters. The molecule has 0 spiro atoms. The lowest BCUT2D eigenvalue weighted by atomic mass is 10.00. The van der Waals surface area contributed by atoms with E-state index in [1.54, 1.807) is 0 Å². The van der Waals surface area contributed by atoms with Gasteiger partial charge in [-0.1, -0.05) is 0 Å². The van der Waals surface area contributed by atoms with Crippen molar-refractivity contribution in [1.29, 1.82) is 0 Å². The standard InChI is InChI=1S/C17H15F6N5O2/c1-7(16(29)28-5-11(8(28)2)30-17(21,22)23)27-15-12(20)14(25-6-26-15)13-10(19)3-9(18)4-24-13/h3-4,6-8,11H,5H2,1-2H3,(H,25,26,27)/t7-,8+,11+/m1/s1. The number of amides is 1. The van der Waals surface area contributed by atoms with Gasteiger partial charge >= 0.3 is 6.36 Å². The SMILES string of the molecule is C[C@@H](Nc1ncnc(-c2ncc(F)cc2F)c1F)C(=O)N1C[C@H](OC(F)(F)F)[C@@H]1C. The predicted octanol–water partition coefficient (Wildman–Crippen LogP) is 2.89. The molecule has 0 aromatic carbocycles. The van der Waals surface area contributed by atoms with Crippen LogP contribution >= 0.6 is 0 Å². The Morgan fingerprint density at radius 1 is 1.23 bits per heavy atom. The van der Waals surface area contributed by atoms with Crippen LogP contribution in [0.1, 0.15) is 13.8 Å². The van der Waals surface area contributed by atoms with Gasteiger partial charge in [0.05, 0.1) is 12.2 Å². The fourth-order valence-electron chi connectivity index (χ4n) is 2.91. The van der Waals surface area contributed by atoms with Crippen LogP contribution in [-0.4, -0.2) is 56.9 Å². The molecule has 1 aliphatic heterocycles. The minimum atomic E-state index is -4.82. The van der Waals surface area contributed by atoms with E-state index in [0.717, 1.165) is 11.2 Å². The van der Waals surface area contributed by atoms with Crippen LogP contribution in [-0.2, 0) is 9.53 Å². The van der Waals surface area contributed by atoms with Gasteiger partial charge in [0.15, 0.2) is 17.5 Å². The zero-order chi connectivity index (χ0) is 22.2. The Hall–Kier alpha value is -2.96. The summed E-state index contributed by atoms with van der Waals surface area (Å²) < 4.78 is 82.4. The highest BCUT2D eigenvalue weighted by molar-refractivity contribution is 5.85. The molecule has 1 N–H and O–H groups in total. The third-order valence-electron chi connectivity index (χ3n) is 4.52. The van der Waals surface area contributed by atoms with E-state index in [4.69, 9.17) is 0 Å². The number of rotatable bonds is 5. The summed E-state index contributed by atoms with van der Waals surface area (Å²) in [5.74, 6) is -4.31. The van der Waals surface area contributed by atoms with Crippen molar-refractivity contribution >= 4 is 11.7 Å². The topological polar surface area (TPSA) is 80.2 Å². The normalized spacial score (nSPS) is 19.9. The average Bonchev–Trinajstić information content (AvgIpc) is 2.65. The van der Waals surface area contributed by atoms with E-state index < -0.39 is 65.1 Å². The summed E-state index contributed by atoms with van der Waals surface area (Å²) >= 11 is 0. The lowest BCUT2D eigenvalue weighted by Crippen LogP contribution is -2.65. The van der Waals surface area contributed by atoms with Crippen molar-refractivity contribution < 1.29 is 35.9 Å². The van der Waals surface area contributed by atoms with E-state index in [2.05, 4.69) is 25.0 Å². The Balaban J connectivity index is 1.72. The molecule has 2 aromatic heterocycles. The largest absolute Gasteiger partial charge is 0.522 e. The fourth-order valence-corrected chi connectivity index (χ4v) is 2.91. The zero-order valence-corrected chi connectivity index (χ0v) is 15.5. The van der Waals surface area contributed by atoms with E-state index >= 15 is 0 Å². The minimum absolute atomic E-state index is 0.284. The maximum atomic E-state index is 14.7. The number of carbonyl (C=O) groups excluding carboxylic acids is 1. The second kappa shape index (κ2) is 8.05. The Bertz CT molecular complexity index is 957. The van der Waals surface area contributed by atoms with Crippen LogP contribution in [0.5, 0.6) is 0 Å². The number of alkyl halides is 3. The number of aromatic nitrogens is 3. The molecule has 0 saturated carbocycles. The molecule has 2 aromatic rings. The van der Waals surface area contributed by atoms with Crippen LogP contribution < -0.4 is 5.32 Å². The first-order valence-electron chi connectivity index (χ1n) is 8.61. The molecule has 3 heterocycles. The van der Waals surface area contributed by atoms with Gasteiger partial charge in [-0.25, -0.2) is 28.1 Å². The van der Waals surface area contributed by atoms with Crippen molar-refractivity contribution in [1.82, 2.24) is 19.9 Å². The molecule has 1 aliphatic rings. The number of nitrogens with zero attached hydrogens (tertiary/aromatic N) is 4. The summed E-state index contributed by atoms with van der Waals surface area (Å²) in [5.41, 5.74) is -1.11. The van der Waals surface area contributed by atoms with Gasteiger partial charge < -0.3 is 10.2 Å². The molecule has 0 bridgehead atoms. The summed E-state index contributed by atoms with van der Waals surface area (Å²) in [6.07, 6.45) is -4.44. The fraction of sp³-hybridized carbons (Fsp3) is 0.412. The smallest absolute Gasteiger partial charge is 0.356 e. The molecule has 1 fully saturated rings. The molecule has 3 atom stereocenters. The summed E-state index contributed by atoms with van der Waals surface area (Å²) in [4.78, 5) is 24.3. The number of anilines is 1. The highest BCUT2D eigenvalue weighted by Gasteiger charge is 2.46. The molecule has 30 heavy (non-hydrogen) atoms. The number of halogens is 6. The van der Waals surface area contributed by atoms with Gasteiger partial charge in [0.25, 0.3) is 0 Å². The van der Waals surface area contributed by atoms with Crippen LogP contribution in [0.2, 0.25) is 0 Å².